The van der Waals surface area contributed by atoms with Gasteiger partial charge < -0.3 is 14.6 Å². The van der Waals surface area contributed by atoms with Crippen LogP contribution in [0.5, 0.6) is 17.2 Å². The number of hydrogen-bond acceptors (Lipinski definition) is 3. The van der Waals surface area contributed by atoms with Crippen LogP contribution in [0.25, 0.3) is 0 Å². The first-order chi connectivity index (χ1) is 15.1. The van der Waals surface area contributed by atoms with E-state index in [2.05, 4.69) is 39.8 Å². The van der Waals surface area contributed by atoms with E-state index in [1.54, 1.807) is 6.07 Å². The normalized spacial score (nSPS) is 10.8. The summed E-state index contributed by atoms with van der Waals surface area (Å²) >= 11 is 0. The van der Waals surface area contributed by atoms with Crippen LogP contribution < -0.4 is 9.47 Å². The number of phenols is 1. The van der Waals surface area contributed by atoms with Crippen molar-refractivity contribution < 1.29 is 14.6 Å². The highest BCUT2D eigenvalue weighted by atomic mass is 16.5. The van der Waals surface area contributed by atoms with Crippen molar-refractivity contribution in [2.45, 2.75) is 66.6 Å². The number of hydrogen-bond donors (Lipinski definition) is 1. The van der Waals surface area contributed by atoms with Crippen molar-refractivity contribution in [1.29, 1.82) is 0 Å². The largest absolute Gasteiger partial charge is 0.508 e. The van der Waals surface area contributed by atoms with Crippen LogP contribution in [-0.4, -0.2) is 5.11 Å². The molecule has 0 aromatic heterocycles. The van der Waals surface area contributed by atoms with Gasteiger partial charge >= 0.3 is 0 Å². The molecule has 0 heterocycles. The Hall–Kier alpha value is -2.94. The maximum Gasteiger partial charge on any atom is 0.123 e. The molecule has 0 saturated heterocycles. The SMILES string of the molecule is CCc1cccc(OCc2cccc(O)c2COc2cccc(CC)c2CC)c1CC. The maximum absolute atomic E-state index is 10.5. The van der Waals surface area contributed by atoms with Crippen molar-refractivity contribution in [3.63, 3.8) is 0 Å². The molecule has 164 valence electrons. The van der Waals surface area contributed by atoms with Crippen LogP contribution in [0.1, 0.15) is 61.1 Å². The number of benzene rings is 3. The third-order valence-electron chi connectivity index (χ3n) is 5.93. The lowest BCUT2D eigenvalue weighted by Crippen LogP contribution is -2.07. The Balaban J connectivity index is 1.81. The number of aromatic hydroxyl groups is 1. The summed E-state index contributed by atoms with van der Waals surface area (Å²) in [6.07, 6.45) is 3.82. The van der Waals surface area contributed by atoms with Crippen molar-refractivity contribution in [2.24, 2.45) is 0 Å². The number of ether oxygens (including phenoxy) is 2. The van der Waals surface area contributed by atoms with Gasteiger partial charge in [-0.15, -0.1) is 0 Å². The molecule has 0 fully saturated rings. The molecule has 0 aliphatic heterocycles. The fourth-order valence-electron chi connectivity index (χ4n) is 4.19. The summed E-state index contributed by atoms with van der Waals surface area (Å²) in [5, 5.41) is 10.5. The monoisotopic (exact) mass is 418 g/mol. The average molecular weight is 419 g/mol. The van der Waals surface area contributed by atoms with Crippen molar-refractivity contribution in [1.82, 2.24) is 0 Å². The molecule has 0 amide bonds. The van der Waals surface area contributed by atoms with E-state index in [4.69, 9.17) is 9.47 Å². The van der Waals surface area contributed by atoms with E-state index in [1.165, 1.54) is 22.3 Å². The zero-order valence-corrected chi connectivity index (χ0v) is 19.2. The first-order valence-electron chi connectivity index (χ1n) is 11.4. The van der Waals surface area contributed by atoms with Gasteiger partial charge in [0, 0.05) is 5.56 Å². The van der Waals surface area contributed by atoms with E-state index in [0.717, 1.165) is 48.3 Å². The predicted molar refractivity (Wildman–Crippen MR) is 127 cm³/mol. The number of rotatable bonds is 10. The summed E-state index contributed by atoms with van der Waals surface area (Å²) in [7, 11) is 0. The zero-order chi connectivity index (χ0) is 22.2. The quantitative estimate of drug-likeness (QED) is 0.393. The van der Waals surface area contributed by atoms with Crippen molar-refractivity contribution in [3.8, 4) is 17.2 Å². The molecule has 0 bridgehead atoms. The number of aryl methyl sites for hydroxylation is 2. The van der Waals surface area contributed by atoms with Crippen LogP contribution >= 0.6 is 0 Å². The minimum atomic E-state index is 0.240. The molecule has 3 aromatic carbocycles. The van der Waals surface area contributed by atoms with E-state index in [0.29, 0.717) is 13.2 Å². The zero-order valence-electron chi connectivity index (χ0n) is 19.2. The topological polar surface area (TPSA) is 38.7 Å². The van der Waals surface area contributed by atoms with Gasteiger partial charge in [-0.2, -0.15) is 0 Å². The molecule has 31 heavy (non-hydrogen) atoms. The van der Waals surface area contributed by atoms with Gasteiger partial charge in [-0.1, -0.05) is 64.1 Å². The van der Waals surface area contributed by atoms with E-state index >= 15 is 0 Å². The predicted octanol–water partition coefficient (Wildman–Crippen LogP) is 6.80. The van der Waals surface area contributed by atoms with Crippen molar-refractivity contribution >= 4 is 0 Å². The lowest BCUT2D eigenvalue weighted by atomic mass is 10.0. The van der Waals surface area contributed by atoms with Crippen LogP contribution in [0.4, 0.5) is 0 Å². The van der Waals surface area contributed by atoms with Crippen molar-refractivity contribution in [2.75, 3.05) is 0 Å². The van der Waals surface area contributed by atoms with Crippen LogP contribution in [0.15, 0.2) is 54.6 Å². The molecule has 3 rings (SSSR count). The molecular formula is C28H34O3. The molecule has 3 nitrogen and oxygen atoms in total. The lowest BCUT2D eigenvalue weighted by molar-refractivity contribution is 0.277. The minimum absolute atomic E-state index is 0.240. The van der Waals surface area contributed by atoms with E-state index in [9.17, 15) is 5.11 Å². The second-order valence-corrected chi connectivity index (χ2v) is 7.69. The summed E-state index contributed by atoms with van der Waals surface area (Å²) in [5.74, 6) is 2.05. The second kappa shape index (κ2) is 10.9. The Kier molecular flexibility index (Phi) is 8.00. The second-order valence-electron chi connectivity index (χ2n) is 7.69. The van der Waals surface area contributed by atoms with Crippen LogP contribution in [0.3, 0.4) is 0 Å². The maximum atomic E-state index is 10.5. The lowest BCUT2D eigenvalue weighted by Gasteiger charge is -2.18. The van der Waals surface area contributed by atoms with Crippen molar-refractivity contribution in [3.05, 3.63) is 88.0 Å². The third-order valence-corrected chi connectivity index (χ3v) is 5.93. The molecule has 3 aromatic rings. The van der Waals surface area contributed by atoms with Gasteiger partial charge in [0.2, 0.25) is 0 Å². The summed E-state index contributed by atoms with van der Waals surface area (Å²) in [4.78, 5) is 0. The highest BCUT2D eigenvalue weighted by molar-refractivity contribution is 5.44. The first-order valence-corrected chi connectivity index (χ1v) is 11.4. The van der Waals surface area contributed by atoms with Crippen LogP contribution in [0, 0.1) is 0 Å². The first kappa shape index (κ1) is 22.7. The molecule has 0 spiro atoms. The molecule has 3 heteroatoms. The van der Waals surface area contributed by atoms with E-state index < -0.39 is 0 Å². The van der Waals surface area contributed by atoms with Gasteiger partial charge in [-0.25, -0.2) is 0 Å². The van der Waals surface area contributed by atoms with Gasteiger partial charge in [0.05, 0.1) is 0 Å². The highest BCUT2D eigenvalue weighted by Crippen LogP contribution is 2.29. The molecule has 0 radical (unpaired) electrons. The van der Waals surface area contributed by atoms with E-state index in [1.807, 2.05) is 36.4 Å². The van der Waals surface area contributed by atoms with Gasteiger partial charge in [0.25, 0.3) is 0 Å². The number of phenolic OH excluding ortho intramolecular Hbond substituents is 1. The molecule has 0 unspecified atom stereocenters. The summed E-state index contributed by atoms with van der Waals surface area (Å²) in [6, 6.07) is 18.0. The van der Waals surface area contributed by atoms with Gasteiger partial charge in [0.1, 0.15) is 30.5 Å². The van der Waals surface area contributed by atoms with Crippen LogP contribution in [0.2, 0.25) is 0 Å². The van der Waals surface area contributed by atoms with E-state index in [-0.39, 0.29) is 5.75 Å². The molecular weight excluding hydrogens is 384 g/mol. The molecule has 0 aliphatic carbocycles. The molecule has 1 N–H and O–H groups in total. The summed E-state index contributed by atoms with van der Waals surface area (Å²) in [6.45, 7) is 9.33. The summed E-state index contributed by atoms with van der Waals surface area (Å²) < 4.78 is 12.4. The Morgan fingerprint density at radius 1 is 0.548 bits per heavy atom. The van der Waals surface area contributed by atoms with Gasteiger partial charge in [-0.3, -0.25) is 0 Å². The molecule has 0 saturated carbocycles. The fourth-order valence-corrected chi connectivity index (χ4v) is 4.19. The average Bonchev–Trinajstić information content (AvgIpc) is 2.81. The Bertz CT molecular complexity index is 1010. The molecule has 0 aliphatic rings. The highest BCUT2D eigenvalue weighted by Gasteiger charge is 2.13. The smallest absolute Gasteiger partial charge is 0.123 e. The fraction of sp³-hybridized carbons (Fsp3) is 0.357. The standard InChI is InChI=1S/C28H34O3/c1-5-20-12-10-16-27(23(20)7-3)30-18-22-14-9-15-26(29)25(22)19-31-28-17-11-13-21(6-2)24(28)8-4/h9-17,29H,5-8,18-19H2,1-4H3. The molecule has 0 atom stereocenters. The van der Waals surface area contributed by atoms with Gasteiger partial charge in [-0.05, 0) is 71.7 Å². The Morgan fingerprint density at radius 2 is 1.03 bits per heavy atom. The summed E-state index contributed by atoms with van der Waals surface area (Å²) in [5.41, 5.74) is 6.84. The minimum Gasteiger partial charge on any atom is -0.508 e. The third kappa shape index (κ3) is 5.22. The Morgan fingerprint density at radius 3 is 1.55 bits per heavy atom. The van der Waals surface area contributed by atoms with Gasteiger partial charge in [0.15, 0.2) is 0 Å². The van der Waals surface area contributed by atoms with Crippen LogP contribution in [-0.2, 0) is 38.9 Å². The Labute approximate surface area is 186 Å².